The molecule has 0 saturated carbocycles. The van der Waals surface area contributed by atoms with E-state index in [0.29, 0.717) is 28.6 Å². The van der Waals surface area contributed by atoms with E-state index in [9.17, 15) is 4.79 Å². The number of nitrogens with zero attached hydrogens (tertiary/aromatic N) is 2. The molecule has 0 fully saturated rings. The number of benzene rings is 2. The van der Waals surface area contributed by atoms with Crippen molar-refractivity contribution in [2.75, 3.05) is 7.11 Å². The van der Waals surface area contributed by atoms with E-state index in [0.717, 1.165) is 12.0 Å². The van der Waals surface area contributed by atoms with Gasteiger partial charge in [0.1, 0.15) is 17.8 Å². The fraction of sp³-hybridized carbons (Fsp3) is 0.227. The molecule has 0 saturated heterocycles. The molecule has 1 atom stereocenters. The fourth-order valence-electron chi connectivity index (χ4n) is 2.57. The number of carbonyl (C=O) groups is 1. The van der Waals surface area contributed by atoms with E-state index in [-0.39, 0.29) is 11.9 Å². The molecule has 1 aromatic heterocycles. The van der Waals surface area contributed by atoms with Crippen molar-refractivity contribution < 1.29 is 14.3 Å². The van der Waals surface area contributed by atoms with E-state index in [1.54, 1.807) is 25.3 Å². The standard InChI is InChI=1S/C22H23N3O3/c1-4-15(2)25-22(26)17-8-5-7-16(11-17)20-13-21(24-14-23-20)28-19-10-6-9-18(12-19)27-3/h5-15H,4H2,1-3H3,(H,25,26)/t15-/m0/s1. The van der Waals surface area contributed by atoms with Crippen LogP contribution in [0.5, 0.6) is 17.4 Å². The summed E-state index contributed by atoms with van der Waals surface area (Å²) in [5.74, 6) is 1.63. The Hall–Kier alpha value is -3.41. The van der Waals surface area contributed by atoms with Gasteiger partial charge >= 0.3 is 0 Å². The summed E-state index contributed by atoms with van der Waals surface area (Å²) >= 11 is 0. The van der Waals surface area contributed by atoms with Crippen LogP contribution in [-0.2, 0) is 0 Å². The smallest absolute Gasteiger partial charge is 0.251 e. The second-order valence-electron chi connectivity index (χ2n) is 6.39. The molecule has 0 spiro atoms. The number of ether oxygens (including phenoxy) is 2. The number of nitrogens with one attached hydrogen (secondary N) is 1. The van der Waals surface area contributed by atoms with Gasteiger partial charge in [-0.05, 0) is 37.6 Å². The predicted octanol–water partition coefficient (Wildman–Crippen LogP) is 4.47. The molecule has 0 aliphatic carbocycles. The van der Waals surface area contributed by atoms with Gasteiger partial charge in [0.2, 0.25) is 5.88 Å². The third-order valence-corrected chi connectivity index (χ3v) is 4.32. The van der Waals surface area contributed by atoms with Crippen LogP contribution in [0.2, 0.25) is 0 Å². The zero-order valence-corrected chi connectivity index (χ0v) is 16.2. The molecule has 3 aromatic rings. The van der Waals surface area contributed by atoms with Gasteiger partial charge in [-0.3, -0.25) is 4.79 Å². The summed E-state index contributed by atoms with van der Waals surface area (Å²) in [7, 11) is 1.60. The van der Waals surface area contributed by atoms with E-state index in [4.69, 9.17) is 9.47 Å². The second-order valence-corrected chi connectivity index (χ2v) is 6.39. The minimum absolute atomic E-state index is 0.0990. The summed E-state index contributed by atoms with van der Waals surface area (Å²) in [5.41, 5.74) is 2.08. The number of hydrogen-bond acceptors (Lipinski definition) is 5. The molecule has 0 aliphatic rings. The maximum atomic E-state index is 12.4. The van der Waals surface area contributed by atoms with Gasteiger partial charge in [-0.15, -0.1) is 0 Å². The van der Waals surface area contributed by atoms with Gasteiger partial charge in [0, 0.05) is 29.3 Å². The fourth-order valence-corrected chi connectivity index (χ4v) is 2.57. The maximum absolute atomic E-state index is 12.4. The Morgan fingerprint density at radius 2 is 1.86 bits per heavy atom. The summed E-state index contributed by atoms with van der Waals surface area (Å²) in [4.78, 5) is 20.9. The van der Waals surface area contributed by atoms with Crippen LogP contribution >= 0.6 is 0 Å². The van der Waals surface area contributed by atoms with E-state index in [1.165, 1.54) is 6.33 Å². The molecule has 28 heavy (non-hydrogen) atoms. The normalized spacial score (nSPS) is 11.5. The third kappa shape index (κ3) is 4.85. The number of rotatable bonds is 7. The molecule has 6 heteroatoms. The topological polar surface area (TPSA) is 73.3 Å². The van der Waals surface area contributed by atoms with Gasteiger partial charge in [0.25, 0.3) is 5.91 Å². The molecule has 1 amide bonds. The Balaban J connectivity index is 1.81. The van der Waals surface area contributed by atoms with Gasteiger partial charge in [-0.25, -0.2) is 9.97 Å². The molecule has 2 aromatic carbocycles. The molecule has 1 N–H and O–H groups in total. The van der Waals surface area contributed by atoms with Crippen LogP contribution in [0.25, 0.3) is 11.3 Å². The molecule has 0 bridgehead atoms. The van der Waals surface area contributed by atoms with Crippen molar-refractivity contribution in [3.8, 4) is 28.6 Å². The summed E-state index contributed by atoms with van der Waals surface area (Å²) in [6.07, 6.45) is 2.32. The van der Waals surface area contributed by atoms with E-state index in [2.05, 4.69) is 15.3 Å². The average molecular weight is 377 g/mol. The van der Waals surface area contributed by atoms with E-state index < -0.39 is 0 Å². The molecular weight excluding hydrogens is 354 g/mol. The van der Waals surface area contributed by atoms with Crippen LogP contribution < -0.4 is 14.8 Å². The van der Waals surface area contributed by atoms with Crippen molar-refractivity contribution in [1.82, 2.24) is 15.3 Å². The van der Waals surface area contributed by atoms with Crippen LogP contribution in [0.4, 0.5) is 0 Å². The molecule has 1 heterocycles. The SMILES string of the molecule is CC[C@H](C)NC(=O)c1cccc(-c2cc(Oc3cccc(OC)c3)ncn2)c1. The van der Waals surface area contributed by atoms with Crippen LogP contribution in [0.15, 0.2) is 60.9 Å². The highest BCUT2D eigenvalue weighted by Crippen LogP contribution is 2.26. The van der Waals surface area contributed by atoms with E-state index >= 15 is 0 Å². The summed E-state index contributed by atoms with van der Waals surface area (Å²) in [5, 5.41) is 2.97. The molecule has 0 unspecified atom stereocenters. The van der Waals surface area contributed by atoms with Gasteiger partial charge < -0.3 is 14.8 Å². The van der Waals surface area contributed by atoms with Crippen molar-refractivity contribution >= 4 is 5.91 Å². The first-order chi connectivity index (χ1) is 13.6. The lowest BCUT2D eigenvalue weighted by Crippen LogP contribution is -2.31. The number of aromatic nitrogens is 2. The molecule has 0 radical (unpaired) electrons. The van der Waals surface area contributed by atoms with Crippen LogP contribution in [0.1, 0.15) is 30.6 Å². The summed E-state index contributed by atoms with van der Waals surface area (Å²) in [6, 6.07) is 16.5. The van der Waals surface area contributed by atoms with Gasteiger partial charge in [0.15, 0.2) is 0 Å². The minimum atomic E-state index is -0.0990. The lowest BCUT2D eigenvalue weighted by Gasteiger charge is -2.12. The Morgan fingerprint density at radius 1 is 1.07 bits per heavy atom. The first kappa shape index (κ1) is 19.4. The highest BCUT2D eigenvalue weighted by atomic mass is 16.5. The Bertz CT molecular complexity index is 959. The second kappa shape index (κ2) is 8.99. The van der Waals surface area contributed by atoms with Crippen molar-refractivity contribution in [1.29, 1.82) is 0 Å². The van der Waals surface area contributed by atoms with Crippen molar-refractivity contribution in [3.05, 3.63) is 66.5 Å². The highest BCUT2D eigenvalue weighted by Gasteiger charge is 2.11. The molecule has 3 rings (SSSR count). The maximum Gasteiger partial charge on any atom is 0.251 e. The van der Waals surface area contributed by atoms with Crippen LogP contribution in [0, 0.1) is 0 Å². The molecule has 0 aliphatic heterocycles. The molecular formula is C22H23N3O3. The summed E-state index contributed by atoms with van der Waals surface area (Å²) in [6.45, 7) is 4.01. The van der Waals surface area contributed by atoms with Gasteiger partial charge in [-0.1, -0.05) is 25.1 Å². The van der Waals surface area contributed by atoms with Crippen molar-refractivity contribution in [2.24, 2.45) is 0 Å². The number of hydrogen-bond donors (Lipinski definition) is 1. The minimum Gasteiger partial charge on any atom is -0.497 e. The highest BCUT2D eigenvalue weighted by molar-refractivity contribution is 5.95. The van der Waals surface area contributed by atoms with Crippen LogP contribution in [-0.4, -0.2) is 29.0 Å². The number of methoxy groups -OCH3 is 1. The van der Waals surface area contributed by atoms with Gasteiger partial charge in [-0.2, -0.15) is 0 Å². The molecule has 6 nitrogen and oxygen atoms in total. The monoisotopic (exact) mass is 377 g/mol. The lowest BCUT2D eigenvalue weighted by molar-refractivity contribution is 0.0939. The van der Waals surface area contributed by atoms with Crippen molar-refractivity contribution in [3.63, 3.8) is 0 Å². The van der Waals surface area contributed by atoms with Crippen molar-refractivity contribution in [2.45, 2.75) is 26.3 Å². The largest absolute Gasteiger partial charge is 0.497 e. The lowest BCUT2D eigenvalue weighted by atomic mass is 10.1. The Kier molecular flexibility index (Phi) is 6.22. The zero-order valence-electron chi connectivity index (χ0n) is 16.2. The Morgan fingerprint density at radius 3 is 2.64 bits per heavy atom. The van der Waals surface area contributed by atoms with E-state index in [1.807, 2.05) is 50.2 Å². The average Bonchev–Trinajstić information content (AvgIpc) is 2.74. The third-order valence-electron chi connectivity index (χ3n) is 4.32. The quantitative estimate of drug-likeness (QED) is 0.657. The first-order valence-corrected chi connectivity index (χ1v) is 9.14. The summed E-state index contributed by atoms with van der Waals surface area (Å²) < 4.78 is 11.0. The van der Waals surface area contributed by atoms with Crippen LogP contribution in [0.3, 0.4) is 0 Å². The first-order valence-electron chi connectivity index (χ1n) is 9.14. The Labute approximate surface area is 164 Å². The zero-order chi connectivity index (χ0) is 19.9. The number of carbonyl (C=O) groups excluding carboxylic acids is 1. The predicted molar refractivity (Wildman–Crippen MR) is 108 cm³/mol. The van der Waals surface area contributed by atoms with Gasteiger partial charge in [0.05, 0.1) is 12.8 Å². The molecule has 144 valence electrons. The number of amides is 1.